The van der Waals surface area contributed by atoms with Gasteiger partial charge < -0.3 is 19.1 Å². The second-order valence-corrected chi connectivity index (χ2v) is 8.45. The molecule has 8 nitrogen and oxygen atoms in total. The van der Waals surface area contributed by atoms with Crippen LogP contribution in [0.3, 0.4) is 0 Å². The van der Waals surface area contributed by atoms with Gasteiger partial charge in [-0.05, 0) is 49.9 Å². The summed E-state index contributed by atoms with van der Waals surface area (Å²) in [5, 5.41) is 6.42. The lowest BCUT2D eigenvalue weighted by atomic mass is 10.3. The van der Waals surface area contributed by atoms with Crippen LogP contribution in [0, 0.1) is 0 Å². The third-order valence-corrected chi connectivity index (χ3v) is 7.35. The Hall–Kier alpha value is -2.33. The number of carbonyl (C=O) groups excluding carboxylic acids is 2. The van der Waals surface area contributed by atoms with Crippen molar-refractivity contribution in [3.05, 3.63) is 34.9 Å². The average molecular weight is 424 g/mol. The first-order valence-electron chi connectivity index (χ1n) is 8.49. The van der Waals surface area contributed by atoms with Gasteiger partial charge in [-0.1, -0.05) is 11.8 Å². The van der Waals surface area contributed by atoms with Crippen LogP contribution in [0.4, 0.5) is 5.69 Å². The summed E-state index contributed by atoms with van der Waals surface area (Å²) in [4.78, 5) is 27.0. The molecule has 0 aliphatic carbocycles. The molecule has 1 aromatic carbocycles. The van der Waals surface area contributed by atoms with Crippen LogP contribution in [0.5, 0.6) is 5.75 Å². The molecule has 2 aliphatic heterocycles. The van der Waals surface area contributed by atoms with Gasteiger partial charge in [0.05, 0.1) is 26.5 Å². The Kier molecular flexibility index (Phi) is 5.80. The maximum absolute atomic E-state index is 12.4. The Balaban J connectivity index is 2.02. The molecule has 0 bridgehead atoms. The molecule has 0 fully saturated rings. The second-order valence-electron chi connectivity index (χ2n) is 5.85. The SMILES string of the molecule is CCOC(=O)C1=C(C)N(C)[C@]2(SC(C(=O)OC)=NN2c2ccc(OC)cc2)S1. The summed E-state index contributed by atoms with van der Waals surface area (Å²) < 4.78 is 14.4. The zero-order chi connectivity index (χ0) is 20.5. The molecule has 0 aromatic heterocycles. The summed E-state index contributed by atoms with van der Waals surface area (Å²) in [7, 11) is 4.76. The van der Waals surface area contributed by atoms with Crippen LogP contribution < -0.4 is 9.75 Å². The highest BCUT2D eigenvalue weighted by atomic mass is 32.2. The van der Waals surface area contributed by atoms with Crippen molar-refractivity contribution in [1.29, 1.82) is 0 Å². The molecule has 1 spiro atoms. The number of allylic oxidation sites excluding steroid dienone is 1. The third-order valence-electron chi connectivity index (χ3n) is 4.32. The first-order valence-corrected chi connectivity index (χ1v) is 10.1. The van der Waals surface area contributed by atoms with Crippen molar-refractivity contribution < 1.29 is 23.8 Å². The molecule has 0 radical (unpaired) electrons. The van der Waals surface area contributed by atoms with Crippen LogP contribution in [0.2, 0.25) is 0 Å². The average Bonchev–Trinajstić information content (AvgIpc) is 3.21. The summed E-state index contributed by atoms with van der Waals surface area (Å²) in [6.07, 6.45) is 0. The van der Waals surface area contributed by atoms with Gasteiger partial charge in [0.2, 0.25) is 9.37 Å². The van der Waals surface area contributed by atoms with Gasteiger partial charge in [0.15, 0.2) is 0 Å². The van der Waals surface area contributed by atoms with Crippen LogP contribution in [0.1, 0.15) is 13.8 Å². The Morgan fingerprint density at radius 3 is 2.39 bits per heavy atom. The van der Waals surface area contributed by atoms with Crippen molar-refractivity contribution in [1.82, 2.24) is 4.90 Å². The van der Waals surface area contributed by atoms with E-state index < -0.39 is 16.3 Å². The highest BCUT2D eigenvalue weighted by Crippen LogP contribution is 2.58. The Morgan fingerprint density at radius 2 is 1.82 bits per heavy atom. The molecule has 3 rings (SSSR count). The molecule has 0 saturated heterocycles. The minimum atomic E-state index is -0.885. The van der Waals surface area contributed by atoms with E-state index in [2.05, 4.69) is 5.10 Å². The number of carbonyl (C=O) groups is 2. The van der Waals surface area contributed by atoms with E-state index in [-0.39, 0.29) is 11.7 Å². The topological polar surface area (TPSA) is 80.7 Å². The molecule has 2 heterocycles. The van der Waals surface area contributed by atoms with Gasteiger partial charge in [0, 0.05) is 12.7 Å². The maximum atomic E-state index is 12.4. The minimum absolute atomic E-state index is 0.204. The Morgan fingerprint density at radius 1 is 1.14 bits per heavy atom. The third kappa shape index (κ3) is 3.30. The molecule has 2 aliphatic rings. The van der Waals surface area contributed by atoms with E-state index in [9.17, 15) is 9.59 Å². The van der Waals surface area contributed by atoms with E-state index in [0.29, 0.717) is 10.7 Å². The minimum Gasteiger partial charge on any atom is -0.497 e. The van der Waals surface area contributed by atoms with E-state index in [1.165, 1.54) is 30.6 Å². The van der Waals surface area contributed by atoms with Gasteiger partial charge in [0.25, 0.3) is 0 Å². The summed E-state index contributed by atoms with van der Waals surface area (Å²) in [5.41, 5.74) is 1.49. The predicted molar refractivity (Wildman–Crippen MR) is 110 cm³/mol. The number of rotatable bonds is 5. The molecule has 1 atom stereocenters. The lowest BCUT2D eigenvalue weighted by Gasteiger charge is -2.39. The number of hydrogen-bond acceptors (Lipinski definition) is 10. The van der Waals surface area contributed by atoms with Crippen molar-refractivity contribution in [2.45, 2.75) is 18.2 Å². The van der Waals surface area contributed by atoms with Gasteiger partial charge in [-0.15, -0.1) is 0 Å². The molecular weight excluding hydrogens is 402 g/mol. The lowest BCUT2D eigenvalue weighted by molar-refractivity contribution is -0.137. The fourth-order valence-corrected chi connectivity index (χ4v) is 5.66. The van der Waals surface area contributed by atoms with Gasteiger partial charge >= 0.3 is 11.9 Å². The van der Waals surface area contributed by atoms with E-state index in [4.69, 9.17) is 14.2 Å². The molecular formula is C18H21N3O5S2. The molecule has 0 unspecified atom stereocenters. The molecule has 1 aromatic rings. The highest BCUT2D eigenvalue weighted by Gasteiger charge is 2.56. The number of thioether (sulfide) groups is 2. The van der Waals surface area contributed by atoms with Crippen LogP contribution in [-0.2, 0) is 19.1 Å². The van der Waals surface area contributed by atoms with Crippen LogP contribution in [0.25, 0.3) is 0 Å². The van der Waals surface area contributed by atoms with Gasteiger partial charge in [-0.25, -0.2) is 14.6 Å². The largest absolute Gasteiger partial charge is 0.497 e. The molecule has 0 saturated carbocycles. The quantitative estimate of drug-likeness (QED) is 0.664. The van der Waals surface area contributed by atoms with E-state index in [1.807, 2.05) is 43.1 Å². The van der Waals surface area contributed by atoms with Crippen molar-refractivity contribution in [3.63, 3.8) is 0 Å². The summed E-state index contributed by atoms with van der Waals surface area (Å²) in [5.74, 6) is -0.220. The normalized spacial score (nSPS) is 21.2. The van der Waals surface area contributed by atoms with E-state index in [1.54, 1.807) is 19.0 Å². The number of hydrogen-bond donors (Lipinski definition) is 0. The number of nitrogens with zero attached hydrogens (tertiary/aromatic N) is 3. The summed E-state index contributed by atoms with van der Waals surface area (Å²) in [6, 6.07) is 7.31. The fourth-order valence-electron chi connectivity index (χ4n) is 2.76. The number of ether oxygens (including phenoxy) is 3. The zero-order valence-electron chi connectivity index (χ0n) is 16.2. The fraction of sp³-hybridized carbons (Fsp3) is 0.389. The Labute approximate surface area is 171 Å². The first-order chi connectivity index (χ1) is 13.4. The van der Waals surface area contributed by atoms with Crippen LogP contribution >= 0.6 is 23.5 Å². The van der Waals surface area contributed by atoms with Crippen LogP contribution in [-0.4, -0.2) is 54.1 Å². The molecule has 0 N–H and O–H groups in total. The Bertz CT molecular complexity index is 855. The van der Waals surface area contributed by atoms with Gasteiger partial charge in [-0.2, -0.15) is 5.10 Å². The van der Waals surface area contributed by atoms with Crippen molar-refractivity contribution in [3.8, 4) is 5.75 Å². The monoisotopic (exact) mass is 423 g/mol. The highest BCUT2D eigenvalue weighted by molar-refractivity contribution is 8.28. The van der Waals surface area contributed by atoms with Crippen molar-refractivity contribution in [2.75, 3.05) is 32.9 Å². The number of anilines is 1. The molecule has 0 amide bonds. The van der Waals surface area contributed by atoms with E-state index in [0.717, 1.165) is 11.4 Å². The van der Waals surface area contributed by atoms with Gasteiger partial charge in [0.1, 0.15) is 10.7 Å². The smallest absolute Gasteiger partial charge is 0.365 e. The number of methoxy groups -OCH3 is 2. The van der Waals surface area contributed by atoms with Gasteiger partial charge in [-0.3, -0.25) is 0 Å². The zero-order valence-corrected chi connectivity index (χ0v) is 17.8. The molecule has 10 heteroatoms. The van der Waals surface area contributed by atoms with Crippen molar-refractivity contribution >= 4 is 46.2 Å². The number of benzene rings is 1. The predicted octanol–water partition coefficient (Wildman–Crippen LogP) is 2.82. The standard InChI is InChI=1S/C18H21N3O5S2/c1-6-26-16(22)14-11(2)20(3)18(27-14)21(19-15(28-18)17(23)25-5)12-7-9-13(24-4)10-8-12/h7-10H,6H2,1-5H3/t18-/m1/s1. The number of hydrazone groups is 1. The lowest BCUT2D eigenvalue weighted by Crippen LogP contribution is -2.47. The molecule has 150 valence electrons. The first kappa shape index (κ1) is 20.4. The second kappa shape index (κ2) is 7.96. The molecule has 28 heavy (non-hydrogen) atoms. The summed E-state index contributed by atoms with van der Waals surface area (Å²) >= 11 is 2.52. The maximum Gasteiger partial charge on any atom is 0.365 e. The van der Waals surface area contributed by atoms with E-state index >= 15 is 0 Å². The number of esters is 2. The van der Waals surface area contributed by atoms with Crippen molar-refractivity contribution in [2.24, 2.45) is 5.10 Å². The summed E-state index contributed by atoms with van der Waals surface area (Å²) in [6.45, 7) is 3.89. The van der Waals surface area contributed by atoms with Crippen LogP contribution in [0.15, 0.2) is 40.0 Å².